The van der Waals surface area contributed by atoms with Gasteiger partial charge in [0.25, 0.3) is 0 Å². The zero-order chi connectivity index (χ0) is 16.1. The third-order valence-electron chi connectivity index (χ3n) is 3.93. The molecule has 0 atom stereocenters. The van der Waals surface area contributed by atoms with Crippen LogP contribution < -0.4 is 5.43 Å². The van der Waals surface area contributed by atoms with Crippen molar-refractivity contribution in [1.82, 2.24) is 4.57 Å². The van der Waals surface area contributed by atoms with Crippen molar-refractivity contribution in [3.05, 3.63) is 58.3 Å². The van der Waals surface area contributed by atoms with E-state index < -0.39 is 11.4 Å². The van der Waals surface area contributed by atoms with Crippen LogP contribution in [0, 0.1) is 0 Å². The summed E-state index contributed by atoms with van der Waals surface area (Å²) in [5.41, 5.74) is 0.371. The van der Waals surface area contributed by atoms with Gasteiger partial charge in [0.2, 0.25) is 0 Å². The molecule has 112 valence electrons. The molecule has 0 amide bonds. The molecular formula is C18H17NO3. The maximum atomic E-state index is 12.7. The topological polar surface area (TPSA) is 59.3 Å². The number of benzene rings is 2. The number of ketones is 1. The minimum atomic E-state index is -1.56. The molecule has 0 aromatic heterocycles. The highest BCUT2D eigenvalue weighted by Crippen LogP contribution is 2.26. The minimum absolute atomic E-state index is 0.0234. The van der Waals surface area contributed by atoms with E-state index in [0.717, 1.165) is 16.6 Å². The number of nitrogens with zero attached hydrogens (tertiary/aromatic N) is 1. The lowest BCUT2D eigenvalue weighted by atomic mass is 9.93. The molecule has 4 nitrogen and oxygen atoms in total. The number of fused-ring (bicyclic) bond motifs is 2. The maximum Gasteiger partial charge on any atom is 0.198 e. The summed E-state index contributed by atoms with van der Waals surface area (Å²) in [6.45, 7) is 2.78. The molecule has 4 heteroatoms. The molecule has 2 aliphatic rings. The zero-order valence-corrected chi connectivity index (χ0v) is 12.8. The van der Waals surface area contributed by atoms with E-state index in [0.29, 0.717) is 5.56 Å². The molecule has 0 radical (unpaired) electrons. The van der Waals surface area contributed by atoms with Gasteiger partial charge in [0.05, 0.1) is 11.3 Å². The van der Waals surface area contributed by atoms with E-state index in [2.05, 4.69) is 0 Å². The Morgan fingerprint density at radius 3 is 2.50 bits per heavy atom. The Labute approximate surface area is 128 Å². The Morgan fingerprint density at radius 1 is 1.14 bits per heavy atom. The van der Waals surface area contributed by atoms with E-state index in [1.165, 1.54) is 19.9 Å². The molecule has 0 unspecified atom stereocenters. The van der Waals surface area contributed by atoms with Crippen molar-refractivity contribution in [3.8, 4) is 11.3 Å². The first kappa shape index (κ1) is 14.5. The predicted molar refractivity (Wildman–Crippen MR) is 86.4 cm³/mol. The first-order valence-electron chi connectivity index (χ1n) is 7.09. The Morgan fingerprint density at radius 2 is 1.82 bits per heavy atom. The fourth-order valence-corrected chi connectivity index (χ4v) is 2.73. The fraction of sp³-hybridized carbons (Fsp3) is 0.222. The van der Waals surface area contributed by atoms with Crippen LogP contribution in [0.3, 0.4) is 0 Å². The normalized spacial score (nSPS) is 12.0. The van der Waals surface area contributed by atoms with Gasteiger partial charge in [-0.3, -0.25) is 9.59 Å². The van der Waals surface area contributed by atoms with Crippen LogP contribution in [0.1, 0.15) is 24.2 Å². The van der Waals surface area contributed by atoms with Gasteiger partial charge in [0.15, 0.2) is 11.2 Å². The van der Waals surface area contributed by atoms with Crippen molar-refractivity contribution in [3.63, 3.8) is 0 Å². The van der Waals surface area contributed by atoms with Crippen LogP contribution in [0.5, 0.6) is 0 Å². The van der Waals surface area contributed by atoms with E-state index in [-0.39, 0.29) is 11.0 Å². The maximum absolute atomic E-state index is 12.7. The number of aryl methyl sites for hydroxylation is 1. The SMILES string of the molecule is Cn1c2ccc(C(=O)C(C)(C)O)c(=O)c-2cc2ccccc21. The number of rotatable bonds is 2. The first-order chi connectivity index (χ1) is 10.3. The Kier molecular flexibility index (Phi) is 3.15. The van der Waals surface area contributed by atoms with Gasteiger partial charge in [0.1, 0.15) is 5.60 Å². The number of hydrogen-bond donors (Lipinski definition) is 1. The van der Waals surface area contributed by atoms with Gasteiger partial charge in [0, 0.05) is 18.1 Å². The molecule has 0 saturated heterocycles. The molecule has 0 fully saturated rings. The van der Waals surface area contributed by atoms with Crippen LogP contribution in [0.15, 0.2) is 47.3 Å². The molecule has 0 spiro atoms. The lowest BCUT2D eigenvalue weighted by molar-refractivity contribution is 0.0487. The summed E-state index contributed by atoms with van der Waals surface area (Å²) in [6.07, 6.45) is 0. The van der Waals surface area contributed by atoms with E-state index in [4.69, 9.17) is 0 Å². The summed E-state index contributed by atoms with van der Waals surface area (Å²) in [4.78, 5) is 24.9. The highest BCUT2D eigenvalue weighted by atomic mass is 16.3. The van der Waals surface area contributed by atoms with Crippen molar-refractivity contribution < 1.29 is 9.90 Å². The molecule has 1 heterocycles. The fourth-order valence-electron chi connectivity index (χ4n) is 2.73. The van der Waals surface area contributed by atoms with E-state index in [1.807, 2.05) is 35.9 Å². The third kappa shape index (κ3) is 2.12. The summed E-state index contributed by atoms with van der Waals surface area (Å²) in [6, 6.07) is 12.8. The zero-order valence-electron chi connectivity index (χ0n) is 12.8. The smallest absolute Gasteiger partial charge is 0.198 e. The second-order valence-corrected chi connectivity index (χ2v) is 6.03. The summed E-state index contributed by atoms with van der Waals surface area (Å²) < 4.78 is 1.93. The second-order valence-electron chi connectivity index (χ2n) is 6.03. The second kappa shape index (κ2) is 4.78. The number of Topliss-reactive ketones (excluding diaryl/α,β-unsaturated/α-hetero) is 1. The van der Waals surface area contributed by atoms with Crippen LogP contribution in [-0.4, -0.2) is 21.1 Å². The standard InChI is InChI=1S/C18H17NO3/c1-18(2,22)17(21)12-8-9-15-13(16(12)20)10-11-6-4-5-7-14(11)19(15)3/h4-10,22H,1-3H3. The van der Waals surface area contributed by atoms with Gasteiger partial charge in [-0.25, -0.2) is 0 Å². The Hall–Kier alpha value is -2.46. The van der Waals surface area contributed by atoms with E-state index >= 15 is 0 Å². The van der Waals surface area contributed by atoms with Gasteiger partial charge in [-0.2, -0.15) is 0 Å². The van der Waals surface area contributed by atoms with Gasteiger partial charge >= 0.3 is 0 Å². The summed E-state index contributed by atoms with van der Waals surface area (Å²) in [5.74, 6) is -0.560. The van der Waals surface area contributed by atoms with Gasteiger partial charge < -0.3 is 9.67 Å². The molecular weight excluding hydrogens is 278 g/mol. The average Bonchev–Trinajstić information content (AvgIpc) is 2.47. The molecule has 1 aromatic carbocycles. The van der Waals surface area contributed by atoms with Gasteiger partial charge in [-0.05, 0) is 43.5 Å². The molecule has 1 aliphatic carbocycles. The molecule has 1 N–H and O–H groups in total. The number of carbonyl (C=O) groups excluding carboxylic acids is 1. The average molecular weight is 295 g/mol. The van der Waals surface area contributed by atoms with Crippen LogP contribution in [-0.2, 0) is 7.05 Å². The van der Waals surface area contributed by atoms with Crippen molar-refractivity contribution in [2.45, 2.75) is 19.4 Å². The summed E-state index contributed by atoms with van der Waals surface area (Å²) >= 11 is 0. The summed E-state index contributed by atoms with van der Waals surface area (Å²) in [7, 11) is 1.89. The lowest BCUT2D eigenvalue weighted by Crippen LogP contribution is -2.35. The van der Waals surface area contributed by atoms with Crippen LogP contribution in [0.25, 0.3) is 22.2 Å². The minimum Gasteiger partial charge on any atom is -0.382 e. The molecule has 0 bridgehead atoms. The Bertz CT molecular complexity index is 916. The highest BCUT2D eigenvalue weighted by Gasteiger charge is 2.28. The van der Waals surface area contributed by atoms with E-state index in [1.54, 1.807) is 12.1 Å². The van der Waals surface area contributed by atoms with Gasteiger partial charge in [-0.15, -0.1) is 0 Å². The first-order valence-corrected chi connectivity index (χ1v) is 7.09. The van der Waals surface area contributed by atoms with Crippen molar-refractivity contribution in [1.29, 1.82) is 0 Å². The number of carbonyl (C=O) groups is 1. The molecule has 0 saturated carbocycles. The number of aliphatic hydroxyl groups is 1. The van der Waals surface area contributed by atoms with Crippen molar-refractivity contribution >= 4 is 16.7 Å². The number of para-hydroxylation sites is 1. The number of aromatic nitrogens is 1. The molecule has 22 heavy (non-hydrogen) atoms. The lowest BCUT2D eigenvalue weighted by Gasteiger charge is -2.18. The molecule has 1 aliphatic heterocycles. The van der Waals surface area contributed by atoms with Gasteiger partial charge in [-0.1, -0.05) is 18.2 Å². The van der Waals surface area contributed by atoms with E-state index in [9.17, 15) is 14.7 Å². The number of pyridine rings is 1. The monoisotopic (exact) mass is 295 g/mol. The van der Waals surface area contributed by atoms with Crippen molar-refractivity contribution in [2.24, 2.45) is 7.05 Å². The van der Waals surface area contributed by atoms with Crippen LogP contribution >= 0.6 is 0 Å². The predicted octanol–water partition coefficient (Wildman–Crippen LogP) is 2.60. The summed E-state index contributed by atoms with van der Waals surface area (Å²) in [5, 5.41) is 10.8. The van der Waals surface area contributed by atoms with Crippen LogP contribution in [0.4, 0.5) is 0 Å². The largest absolute Gasteiger partial charge is 0.382 e. The Balaban J connectivity index is 2.37. The number of hydrogen-bond acceptors (Lipinski definition) is 3. The molecule has 3 rings (SSSR count). The molecule has 1 aromatic rings. The van der Waals surface area contributed by atoms with Crippen LogP contribution in [0.2, 0.25) is 0 Å². The third-order valence-corrected chi connectivity index (χ3v) is 3.93. The quantitative estimate of drug-likeness (QED) is 0.584. The highest BCUT2D eigenvalue weighted by molar-refractivity contribution is 6.03. The van der Waals surface area contributed by atoms with Crippen molar-refractivity contribution in [2.75, 3.05) is 0 Å².